The van der Waals surface area contributed by atoms with E-state index in [-0.39, 0.29) is 17.3 Å². The maximum Gasteiger partial charge on any atom is 0.137 e. The van der Waals surface area contributed by atoms with Crippen LogP contribution in [0.1, 0.15) is 35.4 Å². The smallest absolute Gasteiger partial charge is 0.137 e. The molecule has 2 heteroatoms. The Morgan fingerprint density at radius 2 is 1.31 bits per heavy atom. The van der Waals surface area contributed by atoms with Gasteiger partial charge in [-0.05, 0) is 93.4 Å². The van der Waals surface area contributed by atoms with Crippen molar-refractivity contribution >= 4 is 44.1 Å². The van der Waals surface area contributed by atoms with E-state index in [0.717, 1.165) is 51.9 Å². The van der Waals surface area contributed by atoms with Crippen LogP contribution in [0.5, 0.6) is 0 Å². The van der Waals surface area contributed by atoms with Crippen molar-refractivity contribution in [1.82, 2.24) is 0 Å². The molecule has 0 radical (unpaired) electrons. The Hall–Kier alpha value is -6.64. The number of nitrogens with zero attached hydrogens (tertiary/aromatic N) is 1. The van der Waals surface area contributed by atoms with Gasteiger partial charge in [-0.25, -0.2) is 0 Å². The Bertz CT molecular complexity index is 2880. The van der Waals surface area contributed by atoms with Gasteiger partial charge in [-0.15, -0.1) is 0 Å². The third kappa shape index (κ3) is 4.88. The van der Waals surface area contributed by atoms with Crippen molar-refractivity contribution in [1.29, 1.82) is 0 Å². The molecular weight excluding hydrogens is 667 g/mol. The summed E-state index contributed by atoms with van der Waals surface area (Å²) in [5.74, 6) is 0.421. The number of furan rings is 1. The number of hydrogen-bond donors (Lipinski definition) is 0. The predicted molar refractivity (Wildman–Crippen MR) is 229 cm³/mol. The van der Waals surface area contributed by atoms with Gasteiger partial charge in [-0.1, -0.05) is 158 Å². The minimum atomic E-state index is -0.321. The second kappa shape index (κ2) is 12.7. The molecule has 3 aliphatic carbocycles. The van der Waals surface area contributed by atoms with E-state index in [1.54, 1.807) is 0 Å². The summed E-state index contributed by atoms with van der Waals surface area (Å²) in [5, 5.41) is 4.72. The molecule has 1 heterocycles. The fourth-order valence-corrected chi connectivity index (χ4v) is 9.95. The third-order valence-corrected chi connectivity index (χ3v) is 12.2. The van der Waals surface area contributed by atoms with Gasteiger partial charge in [-0.2, -0.15) is 0 Å². The lowest BCUT2D eigenvalue weighted by atomic mass is 9.61. The highest BCUT2D eigenvalue weighted by Gasteiger charge is 2.54. The summed E-state index contributed by atoms with van der Waals surface area (Å²) in [6, 6.07) is 59.5. The minimum absolute atomic E-state index is 0.171. The van der Waals surface area contributed by atoms with E-state index in [1.165, 1.54) is 44.2 Å². The van der Waals surface area contributed by atoms with Gasteiger partial charge < -0.3 is 9.32 Å². The third-order valence-electron chi connectivity index (χ3n) is 12.2. The molecule has 3 unspecified atom stereocenters. The topological polar surface area (TPSA) is 16.4 Å². The van der Waals surface area contributed by atoms with Crippen LogP contribution < -0.4 is 4.90 Å². The van der Waals surface area contributed by atoms with Crippen molar-refractivity contribution in [3.8, 4) is 11.1 Å². The second-order valence-electron chi connectivity index (χ2n) is 15.1. The SMILES string of the molecule is C1=CC(C2(c3ccccc3)c3ccccc3C3C=CC(N(c4ccccc4)c4ccc5c(c4)oc4cc(-c6ccccc6)c6ccccc6c45)=CC32)=CCC1. The number of allylic oxidation sites excluding steroid dienone is 7. The van der Waals surface area contributed by atoms with Gasteiger partial charge in [-0.3, -0.25) is 0 Å². The van der Waals surface area contributed by atoms with Crippen LogP contribution in [0.15, 0.2) is 216 Å². The highest BCUT2D eigenvalue weighted by Crippen LogP contribution is 2.61. The molecule has 1 aromatic heterocycles. The zero-order chi connectivity index (χ0) is 36.3. The highest BCUT2D eigenvalue weighted by atomic mass is 16.3. The predicted octanol–water partition coefficient (Wildman–Crippen LogP) is 14.0. The van der Waals surface area contributed by atoms with Crippen LogP contribution in [0.3, 0.4) is 0 Å². The molecule has 55 heavy (non-hydrogen) atoms. The number of anilines is 2. The summed E-state index contributed by atoms with van der Waals surface area (Å²) in [6.07, 6.45) is 16.8. The monoisotopic (exact) mass is 705 g/mol. The Labute approximate surface area is 321 Å². The average molecular weight is 706 g/mol. The summed E-state index contributed by atoms with van der Waals surface area (Å²) >= 11 is 0. The fourth-order valence-electron chi connectivity index (χ4n) is 9.95. The molecule has 0 saturated heterocycles. The number of para-hydroxylation sites is 1. The molecule has 8 aromatic rings. The first kappa shape index (κ1) is 31.8. The van der Waals surface area contributed by atoms with Gasteiger partial charge in [0.25, 0.3) is 0 Å². The number of rotatable bonds is 6. The lowest BCUT2D eigenvalue weighted by Gasteiger charge is -2.41. The zero-order valence-corrected chi connectivity index (χ0v) is 30.5. The molecule has 2 nitrogen and oxygen atoms in total. The van der Waals surface area contributed by atoms with Crippen molar-refractivity contribution in [3.05, 3.63) is 228 Å². The lowest BCUT2D eigenvalue weighted by Crippen LogP contribution is -2.37. The second-order valence-corrected chi connectivity index (χ2v) is 15.1. The van der Waals surface area contributed by atoms with Crippen LogP contribution in [0.25, 0.3) is 43.8 Å². The lowest BCUT2D eigenvalue weighted by molar-refractivity contribution is 0.450. The Balaban J connectivity index is 1.11. The van der Waals surface area contributed by atoms with Crippen molar-refractivity contribution < 1.29 is 4.42 Å². The molecule has 0 N–H and O–H groups in total. The molecule has 0 bridgehead atoms. The Kier molecular flexibility index (Phi) is 7.38. The normalized spacial score (nSPS) is 20.0. The Morgan fingerprint density at radius 1 is 0.582 bits per heavy atom. The van der Waals surface area contributed by atoms with Crippen molar-refractivity contribution in [2.75, 3.05) is 4.90 Å². The van der Waals surface area contributed by atoms with Crippen LogP contribution in [0.2, 0.25) is 0 Å². The molecule has 0 saturated carbocycles. The van der Waals surface area contributed by atoms with Crippen molar-refractivity contribution in [2.45, 2.75) is 24.2 Å². The van der Waals surface area contributed by atoms with E-state index >= 15 is 0 Å². The van der Waals surface area contributed by atoms with E-state index in [0.29, 0.717) is 0 Å². The molecule has 7 aromatic carbocycles. The van der Waals surface area contributed by atoms with Crippen LogP contribution >= 0.6 is 0 Å². The molecule has 11 rings (SSSR count). The maximum atomic E-state index is 6.84. The first-order valence-electron chi connectivity index (χ1n) is 19.5. The van der Waals surface area contributed by atoms with Crippen LogP contribution in [-0.4, -0.2) is 0 Å². The summed E-state index contributed by atoms with van der Waals surface area (Å²) in [5.41, 5.74) is 12.7. The van der Waals surface area contributed by atoms with Crippen molar-refractivity contribution in [2.24, 2.45) is 5.92 Å². The molecule has 262 valence electrons. The highest BCUT2D eigenvalue weighted by molar-refractivity contribution is 6.22. The van der Waals surface area contributed by atoms with Gasteiger partial charge in [0.1, 0.15) is 11.2 Å². The van der Waals surface area contributed by atoms with E-state index in [2.05, 4.69) is 205 Å². The molecule has 0 spiro atoms. The number of benzene rings is 7. The van der Waals surface area contributed by atoms with Gasteiger partial charge in [0.2, 0.25) is 0 Å². The molecular formula is C53H39NO. The first-order chi connectivity index (χ1) is 27.3. The Morgan fingerprint density at radius 3 is 2.11 bits per heavy atom. The number of hydrogen-bond acceptors (Lipinski definition) is 2. The average Bonchev–Trinajstić information content (AvgIpc) is 3.78. The fraction of sp³-hybridized carbons (Fsp3) is 0.0943. The molecule has 0 fully saturated rings. The van der Waals surface area contributed by atoms with E-state index < -0.39 is 0 Å². The molecule has 0 amide bonds. The molecule has 3 aliphatic rings. The van der Waals surface area contributed by atoms with Crippen LogP contribution in [0, 0.1) is 5.92 Å². The van der Waals surface area contributed by atoms with Crippen molar-refractivity contribution in [3.63, 3.8) is 0 Å². The van der Waals surface area contributed by atoms with Gasteiger partial charge >= 0.3 is 0 Å². The van der Waals surface area contributed by atoms with E-state index in [1.807, 2.05) is 0 Å². The summed E-state index contributed by atoms with van der Waals surface area (Å²) < 4.78 is 6.84. The largest absolute Gasteiger partial charge is 0.456 e. The number of fused-ring (bicyclic) bond motifs is 8. The minimum Gasteiger partial charge on any atom is -0.456 e. The van der Waals surface area contributed by atoms with Crippen LogP contribution in [-0.2, 0) is 5.41 Å². The summed E-state index contributed by atoms with van der Waals surface area (Å²) in [4.78, 5) is 2.41. The van der Waals surface area contributed by atoms with Gasteiger partial charge in [0.05, 0.1) is 5.41 Å². The van der Waals surface area contributed by atoms with Gasteiger partial charge in [0.15, 0.2) is 0 Å². The summed E-state index contributed by atoms with van der Waals surface area (Å²) in [6.45, 7) is 0. The van der Waals surface area contributed by atoms with E-state index in [4.69, 9.17) is 4.42 Å². The first-order valence-corrected chi connectivity index (χ1v) is 19.5. The molecule has 0 aliphatic heterocycles. The quantitative estimate of drug-likeness (QED) is 0.171. The van der Waals surface area contributed by atoms with Crippen LogP contribution in [0.4, 0.5) is 11.4 Å². The zero-order valence-electron chi connectivity index (χ0n) is 30.5. The standard InChI is InChI=1S/C53H39NO/c1-5-17-36(18-6-1)47-35-51-52(45-27-14-13-25-42(45)47)46-32-30-41(34-50(46)55-51)54(39-23-11-4-12-24-39)40-29-31-44-43-26-15-16-28-48(43)53(49(44)33-40,37-19-7-2-8-20-37)38-21-9-3-10-22-38/h1-2,4-9,11-35,44,49H,3,10H2. The van der Waals surface area contributed by atoms with Gasteiger partial charge in [0, 0.05) is 45.7 Å². The molecule has 3 atom stereocenters. The summed E-state index contributed by atoms with van der Waals surface area (Å²) in [7, 11) is 0. The maximum absolute atomic E-state index is 6.84. The van der Waals surface area contributed by atoms with E-state index in [9.17, 15) is 0 Å².